The fourth-order valence-corrected chi connectivity index (χ4v) is 1.85. The second-order valence-corrected chi connectivity index (χ2v) is 4.37. The van der Waals surface area contributed by atoms with Crippen LogP contribution >= 0.6 is 23.2 Å². The molecule has 0 fully saturated rings. The van der Waals surface area contributed by atoms with Crippen molar-refractivity contribution < 1.29 is 9.47 Å². The monoisotopic (exact) mass is 259 g/mol. The van der Waals surface area contributed by atoms with E-state index in [0.29, 0.717) is 34.6 Å². The van der Waals surface area contributed by atoms with Crippen LogP contribution in [0.3, 0.4) is 0 Å². The third-order valence-corrected chi connectivity index (χ3v) is 2.55. The molecule has 1 aliphatic heterocycles. The van der Waals surface area contributed by atoms with Gasteiger partial charge in [-0.1, -0.05) is 29.8 Å². The van der Waals surface area contributed by atoms with Gasteiger partial charge in [-0.3, -0.25) is 0 Å². The number of hydrogen-bond donors (Lipinski definition) is 1. The van der Waals surface area contributed by atoms with Gasteiger partial charge >= 0.3 is 0 Å². The van der Waals surface area contributed by atoms with Gasteiger partial charge in [0.2, 0.25) is 6.79 Å². The first-order valence-corrected chi connectivity index (χ1v) is 5.54. The number of halogens is 2. The Balaban J connectivity index is 2.05. The highest BCUT2D eigenvalue weighted by molar-refractivity contribution is 6.32. The number of nitrogens with one attached hydrogen (secondary N) is 1. The molecule has 0 atom stereocenters. The Morgan fingerprint density at radius 1 is 1.44 bits per heavy atom. The van der Waals surface area contributed by atoms with E-state index in [-0.39, 0.29) is 6.79 Å². The number of benzene rings is 1. The van der Waals surface area contributed by atoms with Gasteiger partial charge in [-0.2, -0.15) is 0 Å². The molecular formula is C11H11Cl2NO2. The number of ether oxygens (including phenoxy) is 2. The molecule has 0 spiro atoms. The topological polar surface area (TPSA) is 30.5 Å². The van der Waals surface area contributed by atoms with Crippen molar-refractivity contribution in [3.8, 4) is 11.5 Å². The molecule has 86 valence electrons. The van der Waals surface area contributed by atoms with E-state index in [9.17, 15) is 0 Å². The van der Waals surface area contributed by atoms with Gasteiger partial charge in [-0.05, 0) is 17.7 Å². The SMILES string of the molecule is C=C(Cl)CNCc1cc(Cl)c2c(c1)OCO2. The van der Waals surface area contributed by atoms with Crippen molar-refractivity contribution in [3.63, 3.8) is 0 Å². The molecule has 0 aliphatic carbocycles. The summed E-state index contributed by atoms with van der Waals surface area (Å²) in [4.78, 5) is 0. The van der Waals surface area contributed by atoms with Gasteiger partial charge in [-0.15, -0.1) is 0 Å². The zero-order chi connectivity index (χ0) is 11.5. The fourth-order valence-electron chi connectivity index (χ4n) is 1.47. The molecule has 0 saturated carbocycles. The lowest BCUT2D eigenvalue weighted by Gasteiger charge is -2.06. The minimum atomic E-state index is 0.227. The van der Waals surface area contributed by atoms with Crippen LogP contribution in [0.4, 0.5) is 0 Å². The van der Waals surface area contributed by atoms with Crippen LogP contribution in [-0.2, 0) is 6.54 Å². The van der Waals surface area contributed by atoms with Crippen LogP contribution in [0, 0.1) is 0 Å². The Bertz CT molecular complexity index is 421. The molecule has 3 nitrogen and oxygen atoms in total. The minimum Gasteiger partial charge on any atom is -0.454 e. The number of hydrogen-bond acceptors (Lipinski definition) is 3. The summed E-state index contributed by atoms with van der Waals surface area (Å²) < 4.78 is 10.5. The third kappa shape index (κ3) is 2.61. The highest BCUT2D eigenvalue weighted by Gasteiger charge is 2.17. The van der Waals surface area contributed by atoms with Crippen LogP contribution in [0.15, 0.2) is 23.7 Å². The third-order valence-electron chi connectivity index (χ3n) is 2.13. The molecule has 0 aromatic heterocycles. The maximum Gasteiger partial charge on any atom is 0.231 e. The standard InChI is InChI=1S/C11H11Cl2NO2/c1-7(12)4-14-5-8-2-9(13)11-10(3-8)15-6-16-11/h2-3,14H,1,4-6H2. The summed E-state index contributed by atoms with van der Waals surface area (Å²) in [5, 5.41) is 4.28. The first kappa shape index (κ1) is 11.6. The lowest BCUT2D eigenvalue weighted by atomic mass is 10.2. The maximum absolute atomic E-state index is 6.04. The molecule has 0 saturated heterocycles. The molecule has 1 aliphatic rings. The van der Waals surface area contributed by atoms with E-state index >= 15 is 0 Å². The Morgan fingerprint density at radius 2 is 2.25 bits per heavy atom. The number of fused-ring (bicyclic) bond motifs is 1. The van der Waals surface area contributed by atoms with Crippen molar-refractivity contribution in [1.82, 2.24) is 5.32 Å². The highest BCUT2D eigenvalue weighted by atomic mass is 35.5. The smallest absolute Gasteiger partial charge is 0.231 e. The second kappa shape index (κ2) is 4.95. The average molecular weight is 260 g/mol. The van der Waals surface area contributed by atoms with Crippen molar-refractivity contribution >= 4 is 23.2 Å². The first-order valence-electron chi connectivity index (χ1n) is 4.79. The molecule has 0 bridgehead atoms. The van der Waals surface area contributed by atoms with Crippen molar-refractivity contribution in [2.24, 2.45) is 0 Å². The molecule has 16 heavy (non-hydrogen) atoms. The molecule has 0 amide bonds. The molecule has 1 aromatic rings. The zero-order valence-electron chi connectivity index (χ0n) is 8.56. The van der Waals surface area contributed by atoms with Gasteiger partial charge in [0.1, 0.15) is 0 Å². The van der Waals surface area contributed by atoms with Crippen LogP contribution in [0.5, 0.6) is 11.5 Å². The molecule has 1 heterocycles. The van der Waals surface area contributed by atoms with Gasteiger partial charge in [0.25, 0.3) is 0 Å². The van der Waals surface area contributed by atoms with E-state index < -0.39 is 0 Å². The van der Waals surface area contributed by atoms with Crippen molar-refractivity contribution in [3.05, 3.63) is 34.3 Å². The van der Waals surface area contributed by atoms with E-state index in [1.165, 1.54) is 0 Å². The summed E-state index contributed by atoms with van der Waals surface area (Å²) in [5.41, 5.74) is 1.02. The molecule has 5 heteroatoms. The Morgan fingerprint density at radius 3 is 3.00 bits per heavy atom. The summed E-state index contributed by atoms with van der Waals surface area (Å²) in [6.45, 7) is 5.04. The van der Waals surface area contributed by atoms with Crippen molar-refractivity contribution in [2.45, 2.75) is 6.54 Å². The maximum atomic E-state index is 6.04. The van der Waals surface area contributed by atoms with E-state index in [1.807, 2.05) is 12.1 Å². The summed E-state index contributed by atoms with van der Waals surface area (Å²) >= 11 is 11.7. The van der Waals surface area contributed by atoms with Gasteiger partial charge in [0, 0.05) is 18.1 Å². The van der Waals surface area contributed by atoms with Crippen LogP contribution in [0.25, 0.3) is 0 Å². The van der Waals surface area contributed by atoms with Gasteiger partial charge < -0.3 is 14.8 Å². The average Bonchev–Trinajstić information content (AvgIpc) is 2.65. The molecule has 1 N–H and O–H groups in total. The molecule has 1 aromatic carbocycles. The molecule has 2 rings (SSSR count). The molecular weight excluding hydrogens is 249 g/mol. The zero-order valence-corrected chi connectivity index (χ0v) is 10.1. The summed E-state index contributed by atoms with van der Waals surface area (Å²) in [6, 6.07) is 3.75. The van der Waals surface area contributed by atoms with E-state index in [1.54, 1.807) is 0 Å². The van der Waals surface area contributed by atoms with E-state index in [2.05, 4.69) is 11.9 Å². The van der Waals surface area contributed by atoms with Gasteiger partial charge in [0.05, 0.1) is 5.02 Å². The summed E-state index contributed by atoms with van der Waals surface area (Å²) in [6.07, 6.45) is 0. The highest BCUT2D eigenvalue weighted by Crippen LogP contribution is 2.39. The second-order valence-electron chi connectivity index (χ2n) is 3.43. The van der Waals surface area contributed by atoms with Crippen LogP contribution in [0.2, 0.25) is 5.02 Å². The first-order chi connectivity index (χ1) is 7.66. The van der Waals surface area contributed by atoms with E-state index in [0.717, 1.165) is 5.56 Å². The summed E-state index contributed by atoms with van der Waals surface area (Å²) in [5.74, 6) is 1.31. The Hall–Kier alpha value is -0.900. The van der Waals surface area contributed by atoms with Crippen molar-refractivity contribution in [1.29, 1.82) is 0 Å². The normalized spacial score (nSPS) is 12.9. The molecule has 0 unspecified atom stereocenters. The Kier molecular flexibility index (Phi) is 3.59. The largest absolute Gasteiger partial charge is 0.454 e. The lowest BCUT2D eigenvalue weighted by molar-refractivity contribution is 0.174. The minimum absolute atomic E-state index is 0.227. The predicted octanol–water partition coefficient (Wildman–Crippen LogP) is 2.91. The van der Waals surface area contributed by atoms with Gasteiger partial charge in [-0.25, -0.2) is 0 Å². The lowest BCUT2D eigenvalue weighted by Crippen LogP contribution is -2.14. The Labute approximate surface area is 104 Å². The van der Waals surface area contributed by atoms with E-state index in [4.69, 9.17) is 32.7 Å². The van der Waals surface area contributed by atoms with Crippen molar-refractivity contribution in [2.75, 3.05) is 13.3 Å². The van der Waals surface area contributed by atoms with Gasteiger partial charge in [0.15, 0.2) is 11.5 Å². The quantitative estimate of drug-likeness (QED) is 0.902. The number of rotatable bonds is 4. The summed E-state index contributed by atoms with van der Waals surface area (Å²) in [7, 11) is 0. The van der Waals surface area contributed by atoms with Crippen LogP contribution < -0.4 is 14.8 Å². The predicted molar refractivity (Wildman–Crippen MR) is 64.3 cm³/mol. The fraction of sp³-hybridized carbons (Fsp3) is 0.273. The van der Waals surface area contributed by atoms with Crippen LogP contribution in [0.1, 0.15) is 5.56 Å². The molecule has 0 radical (unpaired) electrons. The van der Waals surface area contributed by atoms with Crippen LogP contribution in [-0.4, -0.2) is 13.3 Å².